The van der Waals surface area contributed by atoms with Crippen molar-refractivity contribution in [3.05, 3.63) is 54.6 Å². The highest BCUT2D eigenvalue weighted by atomic mass is 16.3. The van der Waals surface area contributed by atoms with Crippen LogP contribution in [0.4, 0.5) is 0 Å². The van der Waals surface area contributed by atoms with Gasteiger partial charge in [0, 0.05) is 24.8 Å². The minimum atomic E-state index is -0.341. The number of hydrogen-bond donors (Lipinski definition) is 0. The minimum absolute atomic E-state index is 0.00310. The van der Waals surface area contributed by atoms with Crippen molar-refractivity contribution in [3.8, 4) is 0 Å². The molecule has 2 unspecified atom stereocenters. The Bertz CT molecular complexity index is 743. The summed E-state index contributed by atoms with van der Waals surface area (Å²) in [5.74, 6) is 0.779. The number of likely N-dealkylation sites (N-methyl/N-ethyl adjacent to an activating group) is 1. The van der Waals surface area contributed by atoms with Gasteiger partial charge in [0.15, 0.2) is 0 Å². The number of hydrogen-bond acceptors (Lipinski definition) is 3. The number of furan rings is 1. The van der Waals surface area contributed by atoms with Gasteiger partial charge >= 0.3 is 0 Å². The predicted octanol–water partition coefficient (Wildman–Crippen LogP) is 3.41. The van der Waals surface area contributed by atoms with E-state index < -0.39 is 0 Å². The molecule has 1 aromatic carbocycles. The van der Waals surface area contributed by atoms with Gasteiger partial charge in [-0.25, -0.2) is 0 Å². The Balaban J connectivity index is 1.81. The highest BCUT2D eigenvalue weighted by Crippen LogP contribution is 2.27. The zero-order valence-electron chi connectivity index (χ0n) is 12.9. The first kappa shape index (κ1) is 14.4. The molecular weight excluding hydrogens is 278 g/mol. The molecule has 0 saturated heterocycles. The maximum absolute atomic E-state index is 12.6. The molecule has 0 N–H and O–H groups in total. The molecule has 5 nitrogen and oxygen atoms in total. The van der Waals surface area contributed by atoms with Crippen LogP contribution in [-0.4, -0.2) is 27.6 Å². The highest BCUT2D eigenvalue weighted by Gasteiger charge is 2.25. The lowest BCUT2D eigenvalue weighted by Gasteiger charge is -2.26. The van der Waals surface area contributed by atoms with E-state index in [4.69, 9.17) is 4.42 Å². The quantitative estimate of drug-likeness (QED) is 0.741. The van der Waals surface area contributed by atoms with E-state index in [2.05, 4.69) is 5.10 Å². The van der Waals surface area contributed by atoms with Crippen LogP contribution in [0.5, 0.6) is 0 Å². The van der Waals surface area contributed by atoms with Gasteiger partial charge in [0.25, 0.3) is 0 Å². The topological polar surface area (TPSA) is 51.3 Å². The summed E-state index contributed by atoms with van der Waals surface area (Å²) in [6, 6.07) is 11.2. The maximum atomic E-state index is 12.6. The first-order valence-corrected chi connectivity index (χ1v) is 7.32. The molecule has 0 saturated carbocycles. The molecule has 0 aliphatic heterocycles. The molecule has 0 aliphatic carbocycles. The van der Waals surface area contributed by atoms with E-state index in [-0.39, 0.29) is 18.0 Å². The second kappa shape index (κ2) is 5.67. The van der Waals surface area contributed by atoms with Gasteiger partial charge in [0.2, 0.25) is 5.91 Å². The Kier molecular flexibility index (Phi) is 3.71. The standard InChI is InChI=1S/C17H19N3O2/c1-12(16-11-14-7-4-5-8-15(14)22-16)19(3)17(21)13(2)20-10-6-9-18-20/h4-13H,1-3H3. The fourth-order valence-corrected chi connectivity index (χ4v) is 2.51. The molecular formula is C17H19N3O2. The fraction of sp³-hybridized carbons (Fsp3) is 0.294. The number of carbonyl (C=O) groups excluding carboxylic acids is 1. The molecule has 2 heterocycles. The highest BCUT2D eigenvalue weighted by molar-refractivity contribution is 5.81. The van der Waals surface area contributed by atoms with Crippen molar-refractivity contribution in [1.29, 1.82) is 0 Å². The maximum Gasteiger partial charge on any atom is 0.247 e. The molecule has 114 valence electrons. The van der Waals surface area contributed by atoms with Crippen molar-refractivity contribution >= 4 is 16.9 Å². The number of nitrogens with zero attached hydrogens (tertiary/aromatic N) is 3. The zero-order valence-corrected chi connectivity index (χ0v) is 12.9. The summed E-state index contributed by atoms with van der Waals surface area (Å²) in [7, 11) is 1.79. The summed E-state index contributed by atoms with van der Waals surface area (Å²) in [6.07, 6.45) is 3.47. The van der Waals surface area contributed by atoms with Crippen LogP contribution in [0.25, 0.3) is 11.0 Å². The molecule has 3 rings (SSSR count). The van der Waals surface area contributed by atoms with Gasteiger partial charge in [0.05, 0.1) is 6.04 Å². The average Bonchev–Trinajstić information content (AvgIpc) is 3.20. The lowest BCUT2D eigenvalue weighted by molar-refractivity contribution is -0.135. The van der Waals surface area contributed by atoms with Crippen molar-refractivity contribution in [1.82, 2.24) is 14.7 Å². The summed E-state index contributed by atoms with van der Waals surface area (Å²) in [5.41, 5.74) is 0.838. The Hall–Kier alpha value is -2.56. The molecule has 1 amide bonds. The first-order valence-electron chi connectivity index (χ1n) is 7.32. The van der Waals surface area contributed by atoms with Crippen LogP contribution >= 0.6 is 0 Å². The first-order chi connectivity index (χ1) is 10.6. The van der Waals surface area contributed by atoms with Crippen molar-refractivity contribution < 1.29 is 9.21 Å². The summed E-state index contributed by atoms with van der Waals surface area (Å²) >= 11 is 0. The fourth-order valence-electron chi connectivity index (χ4n) is 2.51. The van der Waals surface area contributed by atoms with Gasteiger partial charge in [-0.05, 0) is 32.0 Å². The van der Waals surface area contributed by atoms with Crippen molar-refractivity contribution in [3.63, 3.8) is 0 Å². The predicted molar refractivity (Wildman–Crippen MR) is 84.3 cm³/mol. The zero-order chi connectivity index (χ0) is 15.7. The number of amides is 1. The van der Waals surface area contributed by atoms with Crippen LogP contribution in [0.2, 0.25) is 0 Å². The molecule has 0 fully saturated rings. The molecule has 2 aromatic heterocycles. The summed E-state index contributed by atoms with van der Waals surface area (Å²) in [6.45, 7) is 3.81. The van der Waals surface area contributed by atoms with Crippen LogP contribution in [0, 0.1) is 0 Å². The number of carbonyl (C=O) groups is 1. The molecule has 22 heavy (non-hydrogen) atoms. The molecule has 0 spiro atoms. The third-order valence-corrected chi connectivity index (χ3v) is 4.06. The van der Waals surface area contributed by atoms with Gasteiger partial charge < -0.3 is 9.32 Å². The van der Waals surface area contributed by atoms with Crippen molar-refractivity contribution in [2.45, 2.75) is 25.9 Å². The number of aromatic nitrogens is 2. The van der Waals surface area contributed by atoms with Gasteiger partial charge in [-0.15, -0.1) is 0 Å². The molecule has 5 heteroatoms. The van der Waals surface area contributed by atoms with Gasteiger partial charge in [-0.2, -0.15) is 5.10 Å². The second-order valence-corrected chi connectivity index (χ2v) is 5.47. The average molecular weight is 297 g/mol. The van der Waals surface area contributed by atoms with E-state index in [1.54, 1.807) is 29.0 Å². The van der Waals surface area contributed by atoms with Gasteiger partial charge in [-0.3, -0.25) is 9.48 Å². The van der Waals surface area contributed by atoms with Crippen molar-refractivity contribution in [2.75, 3.05) is 7.05 Å². The summed E-state index contributed by atoms with van der Waals surface area (Å²) in [5, 5.41) is 5.18. The molecule has 3 aromatic rings. The van der Waals surface area contributed by atoms with Crippen LogP contribution in [0.3, 0.4) is 0 Å². The van der Waals surface area contributed by atoms with E-state index in [9.17, 15) is 4.79 Å². The number of fused-ring (bicyclic) bond motifs is 1. The number of benzene rings is 1. The third kappa shape index (κ3) is 2.50. The molecule has 2 atom stereocenters. The Morgan fingerprint density at radius 3 is 2.73 bits per heavy atom. The smallest absolute Gasteiger partial charge is 0.247 e. The normalized spacial score (nSPS) is 14.0. The third-order valence-electron chi connectivity index (χ3n) is 4.06. The van der Waals surface area contributed by atoms with E-state index in [0.717, 1.165) is 16.7 Å². The SMILES string of the molecule is CC(c1cc2ccccc2o1)N(C)C(=O)C(C)n1cccn1. The summed E-state index contributed by atoms with van der Waals surface area (Å²) < 4.78 is 7.51. The van der Waals surface area contributed by atoms with Gasteiger partial charge in [-0.1, -0.05) is 18.2 Å². The van der Waals surface area contributed by atoms with Crippen LogP contribution < -0.4 is 0 Å². The molecule has 0 aliphatic rings. The Morgan fingerprint density at radius 1 is 1.27 bits per heavy atom. The van der Waals surface area contributed by atoms with Crippen molar-refractivity contribution in [2.24, 2.45) is 0 Å². The minimum Gasteiger partial charge on any atom is -0.459 e. The van der Waals surface area contributed by atoms with E-state index >= 15 is 0 Å². The molecule has 0 radical (unpaired) electrons. The van der Waals surface area contributed by atoms with E-state index in [1.165, 1.54) is 0 Å². The van der Waals surface area contributed by atoms with E-state index in [1.807, 2.05) is 50.2 Å². The summed E-state index contributed by atoms with van der Waals surface area (Å²) in [4.78, 5) is 14.3. The number of rotatable bonds is 4. The Labute approximate surface area is 129 Å². The van der Waals surface area contributed by atoms with Gasteiger partial charge in [0.1, 0.15) is 17.4 Å². The second-order valence-electron chi connectivity index (χ2n) is 5.47. The van der Waals surface area contributed by atoms with Crippen LogP contribution in [0.1, 0.15) is 31.7 Å². The molecule has 0 bridgehead atoms. The van der Waals surface area contributed by atoms with E-state index in [0.29, 0.717) is 0 Å². The lowest BCUT2D eigenvalue weighted by Crippen LogP contribution is -2.35. The number of para-hydroxylation sites is 1. The van der Waals surface area contributed by atoms with Crippen LogP contribution in [-0.2, 0) is 4.79 Å². The largest absolute Gasteiger partial charge is 0.459 e. The monoisotopic (exact) mass is 297 g/mol. The van der Waals surface area contributed by atoms with Crippen LogP contribution in [0.15, 0.2) is 53.2 Å². The lowest BCUT2D eigenvalue weighted by atomic mass is 10.2. The Morgan fingerprint density at radius 2 is 2.05 bits per heavy atom.